The summed E-state index contributed by atoms with van der Waals surface area (Å²) in [7, 11) is 1.32. The minimum absolute atomic E-state index is 0.0913. The summed E-state index contributed by atoms with van der Waals surface area (Å²) in [6.07, 6.45) is 1.69. The normalized spacial score (nSPS) is 9.21. The van der Waals surface area contributed by atoms with Gasteiger partial charge in [-0.3, -0.25) is 4.79 Å². The Hall–Kier alpha value is -1.89. The highest BCUT2D eigenvalue weighted by molar-refractivity contribution is 5.73. The van der Waals surface area contributed by atoms with Crippen LogP contribution < -0.4 is 0 Å². The van der Waals surface area contributed by atoms with Crippen molar-refractivity contribution in [3.05, 3.63) is 29.1 Å². The second-order valence-electron chi connectivity index (χ2n) is 2.89. The number of nitriles is 1. The van der Waals surface area contributed by atoms with Gasteiger partial charge in [0.25, 0.3) is 0 Å². The van der Waals surface area contributed by atoms with E-state index in [4.69, 9.17) is 5.26 Å². The van der Waals surface area contributed by atoms with Gasteiger partial charge >= 0.3 is 5.97 Å². The molecule has 0 radical (unpaired) electrons. The van der Waals surface area contributed by atoms with E-state index in [0.717, 1.165) is 5.56 Å². The van der Waals surface area contributed by atoms with Crippen molar-refractivity contribution >= 4 is 5.97 Å². The molecular weight excluding hydrogens is 180 g/mol. The molecule has 0 spiro atoms. The largest absolute Gasteiger partial charge is 0.469 e. The van der Waals surface area contributed by atoms with Gasteiger partial charge in [0.15, 0.2) is 0 Å². The van der Waals surface area contributed by atoms with Crippen molar-refractivity contribution < 1.29 is 9.53 Å². The van der Waals surface area contributed by atoms with Crippen LogP contribution in [0.3, 0.4) is 0 Å². The number of pyridine rings is 1. The first-order valence-electron chi connectivity index (χ1n) is 4.10. The summed E-state index contributed by atoms with van der Waals surface area (Å²) in [6, 6.07) is 3.70. The molecule has 1 aromatic heterocycles. The fourth-order valence-corrected chi connectivity index (χ4v) is 1.09. The van der Waals surface area contributed by atoms with E-state index in [2.05, 4.69) is 9.72 Å². The summed E-state index contributed by atoms with van der Waals surface area (Å²) in [5, 5.41) is 8.73. The molecular formula is C10H10N2O2. The van der Waals surface area contributed by atoms with Crippen LogP contribution in [0.2, 0.25) is 0 Å². The van der Waals surface area contributed by atoms with E-state index >= 15 is 0 Å². The molecule has 0 aromatic carbocycles. The number of carbonyl (C=O) groups is 1. The number of carbonyl (C=O) groups excluding carboxylic acids is 1. The zero-order valence-electron chi connectivity index (χ0n) is 8.07. The molecule has 0 fully saturated rings. The van der Waals surface area contributed by atoms with E-state index in [-0.39, 0.29) is 18.1 Å². The standard InChI is InChI=1S/C10H10N2O2/c1-7-3-8(4-10(13)14-2)9(5-11)12-6-7/h3,6H,4H2,1-2H3. The molecule has 0 aliphatic rings. The topological polar surface area (TPSA) is 63.0 Å². The molecule has 0 aliphatic heterocycles. The fraction of sp³-hybridized carbons (Fsp3) is 0.300. The van der Waals surface area contributed by atoms with Gasteiger partial charge in [-0.15, -0.1) is 0 Å². The number of aromatic nitrogens is 1. The molecule has 72 valence electrons. The number of hydrogen-bond donors (Lipinski definition) is 0. The van der Waals surface area contributed by atoms with Gasteiger partial charge in [-0.1, -0.05) is 6.07 Å². The number of hydrogen-bond acceptors (Lipinski definition) is 4. The first-order valence-corrected chi connectivity index (χ1v) is 4.10. The summed E-state index contributed by atoms with van der Waals surface area (Å²) < 4.78 is 4.52. The summed E-state index contributed by atoms with van der Waals surface area (Å²) in [4.78, 5) is 14.9. The van der Waals surface area contributed by atoms with Crippen molar-refractivity contribution in [1.82, 2.24) is 4.98 Å². The molecule has 1 heterocycles. The molecule has 0 aliphatic carbocycles. The molecule has 0 saturated carbocycles. The second-order valence-corrected chi connectivity index (χ2v) is 2.89. The Kier molecular flexibility index (Phi) is 3.19. The number of ether oxygens (including phenoxy) is 1. The van der Waals surface area contributed by atoms with Crippen LogP contribution in [0.15, 0.2) is 12.3 Å². The number of rotatable bonds is 2. The summed E-state index contributed by atoms with van der Waals surface area (Å²) >= 11 is 0. The third kappa shape index (κ3) is 2.30. The third-order valence-corrected chi connectivity index (χ3v) is 1.77. The Morgan fingerprint density at radius 2 is 2.43 bits per heavy atom. The second kappa shape index (κ2) is 4.38. The molecule has 0 bridgehead atoms. The lowest BCUT2D eigenvalue weighted by atomic mass is 10.1. The Balaban J connectivity index is 3.00. The van der Waals surface area contributed by atoms with Crippen LogP contribution in [0, 0.1) is 18.3 Å². The lowest BCUT2D eigenvalue weighted by molar-refractivity contribution is -0.139. The Morgan fingerprint density at radius 3 is 3.00 bits per heavy atom. The fourth-order valence-electron chi connectivity index (χ4n) is 1.09. The van der Waals surface area contributed by atoms with Crippen LogP contribution in [0.25, 0.3) is 0 Å². The predicted molar refractivity (Wildman–Crippen MR) is 49.4 cm³/mol. The molecule has 0 N–H and O–H groups in total. The summed E-state index contributed by atoms with van der Waals surface area (Å²) in [5.74, 6) is -0.367. The predicted octanol–water partition coefficient (Wildman–Crippen LogP) is 0.977. The van der Waals surface area contributed by atoms with Crippen molar-refractivity contribution in [2.24, 2.45) is 0 Å². The summed E-state index contributed by atoms with van der Waals surface area (Å²) in [6.45, 7) is 1.86. The smallest absolute Gasteiger partial charge is 0.310 e. The minimum atomic E-state index is -0.367. The van der Waals surface area contributed by atoms with Crippen molar-refractivity contribution in [3.8, 4) is 6.07 Å². The van der Waals surface area contributed by atoms with E-state index in [1.807, 2.05) is 13.0 Å². The van der Waals surface area contributed by atoms with E-state index in [1.54, 1.807) is 12.3 Å². The Labute approximate surface area is 82.1 Å². The van der Waals surface area contributed by atoms with E-state index in [9.17, 15) is 4.79 Å². The average molecular weight is 190 g/mol. The van der Waals surface area contributed by atoms with Gasteiger partial charge in [0.1, 0.15) is 11.8 Å². The van der Waals surface area contributed by atoms with Crippen LogP contribution in [-0.2, 0) is 16.0 Å². The minimum Gasteiger partial charge on any atom is -0.469 e. The van der Waals surface area contributed by atoms with Crippen LogP contribution in [0.5, 0.6) is 0 Å². The van der Waals surface area contributed by atoms with Gasteiger partial charge in [-0.2, -0.15) is 5.26 Å². The highest BCUT2D eigenvalue weighted by Gasteiger charge is 2.08. The van der Waals surface area contributed by atoms with Crippen molar-refractivity contribution in [2.75, 3.05) is 7.11 Å². The monoisotopic (exact) mass is 190 g/mol. The molecule has 1 aromatic rings. The molecule has 14 heavy (non-hydrogen) atoms. The van der Waals surface area contributed by atoms with Gasteiger partial charge in [0, 0.05) is 6.20 Å². The molecule has 4 nitrogen and oxygen atoms in total. The molecule has 1 rings (SSSR count). The first-order chi connectivity index (χ1) is 6.67. The molecule has 0 amide bonds. The lowest BCUT2D eigenvalue weighted by Crippen LogP contribution is -2.07. The average Bonchev–Trinajstić information content (AvgIpc) is 2.18. The van der Waals surface area contributed by atoms with Crippen LogP contribution in [-0.4, -0.2) is 18.1 Å². The number of methoxy groups -OCH3 is 1. The lowest BCUT2D eigenvalue weighted by Gasteiger charge is -2.02. The van der Waals surface area contributed by atoms with Gasteiger partial charge in [-0.05, 0) is 18.1 Å². The zero-order chi connectivity index (χ0) is 10.6. The quantitative estimate of drug-likeness (QED) is 0.652. The maximum atomic E-state index is 11.0. The van der Waals surface area contributed by atoms with E-state index < -0.39 is 0 Å². The SMILES string of the molecule is COC(=O)Cc1cc(C)cnc1C#N. The highest BCUT2D eigenvalue weighted by atomic mass is 16.5. The molecule has 0 atom stereocenters. The van der Waals surface area contributed by atoms with Crippen molar-refractivity contribution in [3.63, 3.8) is 0 Å². The zero-order valence-corrected chi connectivity index (χ0v) is 8.07. The van der Waals surface area contributed by atoms with Crippen LogP contribution in [0.1, 0.15) is 16.8 Å². The van der Waals surface area contributed by atoms with Crippen LogP contribution >= 0.6 is 0 Å². The van der Waals surface area contributed by atoms with E-state index in [1.165, 1.54) is 7.11 Å². The van der Waals surface area contributed by atoms with Gasteiger partial charge < -0.3 is 4.74 Å². The molecule has 0 saturated heterocycles. The summed E-state index contributed by atoms with van der Waals surface area (Å²) in [5.41, 5.74) is 1.81. The van der Waals surface area contributed by atoms with Gasteiger partial charge in [-0.25, -0.2) is 4.98 Å². The van der Waals surface area contributed by atoms with Crippen LogP contribution in [0.4, 0.5) is 0 Å². The first kappa shape index (κ1) is 10.2. The number of esters is 1. The number of aryl methyl sites for hydroxylation is 1. The van der Waals surface area contributed by atoms with Gasteiger partial charge in [0.05, 0.1) is 13.5 Å². The van der Waals surface area contributed by atoms with Gasteiger partial charge in [0.2, 0.25) is 0 Å². The molecule has 0 unspecified atom stereocenters. The Morgan fingerprint density at radius 1 is 1.71 bits per heavy atom. The van der Waals surface area contributed by atoms with Crippen molar-refractivity contribution in [1.29, 1.82) is 5.26 Å². The maximum Gasteiger partial charge on any atom is 0.310 e. The Bertz CT molecular complexity index is 394. The van der Waals surface area contributed by atoms with E-state index in [0.29, 0.717) is 5.56 Å². The number of nitrogens with zero attached hydrogens (tertiary/aromatic N) is 2. The maximum absolute atomic E-state index is 11.0. The highest BCUT2D eigenvalue weighted by Crippen LogP contribution is 2.08. The molecule has 4 heteroatoms. The third-order valence-electron chi connectivity index (χ3n) is 1.77. The van der Waals surface area contributed by atoms with Crippen molar-refractivity contribution in [2.45, 2.75) is 13.3 Å².